The fourth-order valence-electron chi connectivity index (χ4n) is 3.05. The van der Waals surface area contributed by atoms with Crippen molar-refractivity contribution in [2.45, 2.75) is 6.61 Å². The van der Waals surface area contributed by atoms with Crippen LogP contribution in [0.4, 0.5) is 14.5 Å². The zero-order valence-electron chi connectivity index (χ0n) is 14.0. The highest BCUT2D eigenvalue weighted by Crippen LogP contribution is 2.28. The zero-order valence-corrected chi connectivity index (χ0v) is 14.0. The van der Waals surface area contributed by atoms with E-state index in [2.05, 4.69) is 15.0 Å². The first-order valence-corrected chi connectivity index (χ1v) is 8.24. The second kappa shape index (κ2) is 6.99. The maximum atomic E-state index is 12.9. The van der Waals surface area contributed by atoms with E-state index in [1.54, 1.807) is 18.3 Å². The Morgan fingerprint density at radius 1 is 0.963 bits per heavy atom. The minimum atomic E-state index is -2.93. The van der Waals surface area contributed by atoms with Crippen molar-refractivity contribution in [3.05, 3.63) is 78.5 Å². The first-order chi connectivity index (χ1) is 13.1. The van der Waals surface area contributed by atoms with Crippen LogP contribution in [0.5, 0.6) is 5.75 Å². The molecule has 1 heterocycles. The molecule has 0 radical (unpaired) electrons. The van der Waals surface area contributed by atoms with Crippen molar-refractivity contribution in [1.82, 2.24) is 4.98 Å². The Bertz CT molecular complexity index is 1150. The normalized spacial score (nSPS) is 11.1. The van der Waals surface area contributed by atoms with Gasteiger partial charge in [-0.15, -0.1) is 0 Å². The van der Waals surface area contributed by atoms with Crippen LogP contribution in [-0.4, -0.2) is 17.5 Å². The standard InChI is InChI=1S/C21H14F2N2O2/c22-21(23)27-15-7-3-6-14(12-15)25-20(26)18-11-13-5-1-2-8-16(13)17-9-4-10-24-19(17)18/h1-12,21H,(H,25,26). The van der Waals surface area contributed by atoms with Crippen LogP contribution in [0.15, 0.2) is 72.9 Å². The number of hydrogen-bond donors (Lipinski definition) is 1. The predicted octanol–water partition coefficient (Wildman–Crippen LogP) is 5.24. The van der Waals surface area contributed by atoms with E-state index in [1.807, 2.05) is 36.4 Å². The Labute approximate surface area is 153 Å². The number of pyridine rings is 1. The highest BCUT2D eigenvalue weighted by atomic mass is 19.3. The van der Waals surface area contributed by atoms with Crippen molar-refractivity contribution in [2.24, 2.45) is 0 Å². The number of fused-ring (bicyclic) bond motifs is 3. The fraction of sp³-hybridized carbons (Fsp3) is 0.0476. The number of anilines is 1. The summed E-state index contributed by atoms with van der Waals surface area (Å²) in [7, 11) is 0. The smallest absolute Gasteiger partial charge is 0.387 e. The van der Waals surface area contributed by atoms with Crippen LogP contribution in [0.2, 0.25) is 0 Å². The van der Waals surface area contributed by atoms with Crippen molar-refractivity contribution in [1.29, 1.82) is 0 Å². The summed E-state index contributed by atoms with van der Waals surface area (Å²) in [6, 6.07) is 19.1. The molecule has 27 heavy (non-hydrogen) atoms. The lowest BCUT2D eigenvalue weighted by molar-refractivity contribution is -0.0497. The molecule has 1 aromatic heterocycles. The number of aromatic nitrogens is 1. The molecule has 4 nitrogen and oxygen atoms in total. The molecule has 0 saturated carbocycles. The molecule has 6 heteroatoms. The third kappa shape index (κ3) is 3.42. The van der Waals surface area contributed by atoms with Gasteiger partial charge in [0.1, 0.15) is 5.75 Å². The van der Waals surface area contributed by atoms with Crippen molar-refractivity contribution in [3.63, 3.8) is 0 Å². The molecule has 1 N–H and O–H groups in total. The lowest BCUT2D eigenvalue weighted by Gasteiger charge is -2.11. The Morgan fingerprint density at radius 3 is 2.63 bits per heavy atom. The summed E-state index contributed by atoms with van der Waals surface area (Å²) < 4.78 is 29.1. The second-order valence-electron chi connectivity index (χ2n) is 5.91. The monoisotopic (exact) mass is 364 g/mol. The van der Waals surface area contributed by atoms with Gasteiger partial charge in [0.25, 0.3) is 5.91 Å². The van der Waals surface area contributed by atoms with E-state index in [0.29, 0.717) is 16.8 Å². The van der Waals surface area contributed by atoms with Crippen LogP contribution < -0.4 is 10.1 Å². The van der Waals surface area contributed by atoms with Crippen LogP contribution in [0, 0.1) is 0 Å². The Morgan fingerprint density at radius 2 is 1.78 bits per heavy atom. The summed E-state index contributed by atoms with van der Waals surface area (Å²) in [5.74, 6) is -0.400. The Kier molecular flexibility index (Phi) is 4.38. The van der Waals surface area contributed by atoms with Crippen molar-refractivity contribution >= 4 is 33.3 Å². The van der Waals surface area contributed by atoms with Gasteiger partial charge >= 0.3 is 6.61 Å². The quantitative estimate of drug-likeness (QED) is 0.504. The molecule has 0 aliphatic carbocycles. The van der Waals surface area contributed by atoms with Crippen LogP contribution in [-0.2, 0) is 0 Å². The van der Waals surface area contributed by atoms with E-state index in [-0.39, 0.29) is 11.7 Å². The van der Waals surface area contributed by atoms with Gasteiger partial charge in [0.15, 0.2) is 0 Å². The minimum absolute atomic E-state index is 0.0238. The van der Waals surface area contributed by atoms with Gasteiger partial charge in [-0.25, -0.2) is 0 Å². The molecule has 0 atom stereocenters. The summed E-state index contributed by atoms with van der Waals surface area (Å²) in [6.45, 7) is -2.93. The summed E-state index contributed by atoms with van der Waals surface area (Å²) >= 11 is 0. The topological polar surface area (TPSA) is 51.2 Å². The third-order valence-electron chi connectivity index (χ3n) is 4.18. The molecule has 0 saturated heterocycles. The SMILES string of the molecule is O=C(Nc1cccc(OC(F)F)c1)c1cc2ccccc2c2cccnc12. The number of rotatable bonds is 4. The molecule has 134 valence electrons. The predicted molar refractivity (Wildman–Crippen MR) is 100 cm³/mol. The van der Waals surface area contributed by atoms with Gasteiger partial charge in [-0.1, -0.05) is 36.4 Å². The number of alkyl halides is 2. The van der Waals surface area contributed by atoms with Gasteiger partial charge < -0.3 is 10.1 Å². The summed E-state index contributed by atoms with van der Waals surface area (Å²) in [5.41, 5.74) is 1.34. The molecule has 0 aliphatic rings. The van der Waals surface area contributed by atoms with Gasteiger partial charge in [-0.05, 0) is 35.0 Å². The maximum Gasteiger partial charge on any atom is 0.387 e. The maximum absolute atomic E-state index is 12.9. The first kappa shape index (κ1) is 16.9. The molecule has 1 amide bonds. The largest absolute Gasteiger partial charge is 0.435 e. The van der Waals surface area contributed by atoms with E-state index in [0.717, 1.165) is 16.2 Å². The molecule has 4 aromatic rings. The number of hydrogen-bond acceptors (Lipinski definition) is 3. The number of carbonyl (C=O) groups is 1. The number of nitrogens with zero attached hydrogens (tertiary/aromatic N) is 1. The van der Waals surface area contributed by atoms with E-state index >= 15 is 0 Å². The molecule has 0 bridgehead atoms. The van der Waals surface area contributed by atoms with Crippen molar-refractivity contribution in [2.75, 3.05) is 5.32 Å². The van der Waals surface area contributed by atoms with Crippen LogP contribution in [0.3, 0.4) is 0 Å². The highest BCUT2D eigenvalue weighted by Gasteiger charge is 2.15. The molecule has 0 fully saturated rings. The number of halogens is 2. The number of carbonyl (C=O) groups excluding carboxylic acids is 1. The summed E-state index contributed by atoms with van der Waals surface area (Å²) in [6.07, 6.45) is 1.63. The molecule has 4 rings (SSSR count). The second-order valence-corrected chi connectivity index (χ2v) is 5.91. The molecule has 0 spiro atoms. The molecule has 3 aromatic carbocycles. The fourth-order valence-corrected chi connectivity index (χ4v) is 3.05. The zero-order chi connectivity index (χ0) is 18.8. The number of ether oxygens (including phenoxy) is 1. The van der Waals surface area contributed by atoms with Gasteiger partial charge in [0.05, 0.1) is 11.1 Å². The lowest BCUT2D eigenvalue weighted by Crippen LogP contribution is -2.13. The number of amides is 1. The van der Waals surface area contributed by atoms with Gasteiger partial charge in [0.2, 0.25) is 0 Å². The van der Waals surface area contributed by atoms with Gasteiger partial charge in [0, 0.05) is 23.3 Å². The van der Waals surface area contributed by atoms with Crippen LogP contribution in [0.25, 0.3) is 21.7 Å². The van der Waals surface area contributed by atoms with Gasteiger partial charge in [-0.2, -0.15) is 8.78 Å². The summed E-state index contributed by atoms with van der Waals surface area (Å²) in [4.78, 5) is 17.2. The minimum Gasteiger partial charge on any atom is -0.435 e. The van der Waals surface area contributed by atoms with E-state index in [9.17, 15) is 13.6 Å². The number of nitrogens with one attached hydrogen (secondary N) is 1. The molecule has 0 aliphatic heterocycles. The number of benzene rings is 3. The molecule has 0 unspecified atom stereocenters. The van der Waals surface area contributed by atoms with Crippen LogP contribution >= 0.6 is 0 Å². The van der Waals surface area contributed by atoms with E-state index in [4.69, 9.17) is 0 Å². The Hall–Kier alpha value is -3.54. The first-order valence-electron chi connectivity index (χ1n) is 8.24. The van der Waals surface area contributed by atoms with E-state index < -0.39 is 6.61 Å². The van der Waals surface area contributed by atoms with Crippen molar-refractivity contribution < 1.29 is 18.3 Å². The third-order valence-corrected chi connectivity index (χ3v) is 4.18. The average molecular weight is 364 g/mol. The van der Waals surface area contributed by atoms with E-state index in [1.165, 1.54) is 18.2 Å². The summed E-state index contributed by atoms with van der Waals surface area (Å²) in [5, 5.41) is 5.51. The van der Waals surface area contributed by atoms with Crippen molar-refractivity contribution in [3.8, 4) is 5.75 Å². The molecular formula is C21H14F2N2O2. The highest BCUT2D eigenvalue weighted by molar-refractivity contribution is 6.18. The van der Waals surface area contributed by atoms with Gasteiger partial charge in [-0.3, -0.25) is 9.78 Å². The average Bonchev–Trinajstić information content (AvgIpc) is 2.67. The van der Waals surface area contributed by atoms with Crippen LogP contribution in [0.1, 0.15) is 10.4 Å². The Balaban J connectivity index is 1.74. The lowest BCUT2D eigenvalue weighted by atomic mass is 10.0. The molecular weight excluding hydrogens is 350 g/mol.